The second-order valence-electron chi connectivity index (χ2n) is 4.07. The molecule has 0 amide bonds. The van der Waals surface area contributed by atoms with Crippen LogP contribution < -0.4 is 5.73 Å². The van der Waals surface area contributed by atoms with Crippen molar-refractivity contribution in [1.82, 2.24) is 0 Å². The molecule has 2 aromatic carbocycles. The van der Waals surface area contributed by atoms with E-state index in [1.807, 2.05) is 0 Å². The molecule has 0 aliphatic rings. The Balaban J connectivity index is 2.33. The Morgan fingerprint density at radius 1 is 1.16 bits per heavy atom. The van der Waals surface area contributed by atoms with Crippen molar-refractivity contribution in [3.8, 4) is 0 Å². The number of rotatable bonds is 3. The molecule has 0 bridgehead atoms. The van der Waals surface area contributed by atoms with Crippen LogP contribution in [-0.4, -0.2) is 8.42 Å². The van der Waals surface area contributed by atoms with Crippen LogP contribution in [0.1, 0.15) is 5.56 Å². The van der Waals surface area contributed by atoms with Gasteiger partial charge >= 0.3 is 0 Å². The third kappa shape index (κ3) is 3.24. The zero-order valence-corrected chi connectivity index (χ0v) is 11.4. The highest BCUT2D eigenvalue weighted by molar-refractivity contribution is 7.90. The minimum atomic E-state index is -3.56. The average Bonchev–Trinajstić information content (AvgIpc) is 2.33. The molecule has 2 N–H and O–H groups in total. The lowest BCUT2D eigenvalue weighted by atomic mass is 10.2. The Morgan fingerprint density at radius 3 is 2.53 bits per heavy atom. The van der Waals surface area contributed by atoms with Crippen LogP contribution in [0.2, 0.25) is 5.02 Å². The molecule has 0 saturated carbocycles. The van der Waals surface area contributed by atoms with Crippen LogP contribution in [0.4, 0.5) is 10.1 Å². The lowest BCUT2D eigenvalue weighted by Gasteiger charge is -2.06. The molecule has 0 saturated heterocycles. The number of nitrogen functional groups attached to an aromatic ring is 1. The molecule has 0 aliphatic carbocycles. The topological polar surface area (TPSA) is 60.2 Å². The number of sulfone groups is 1. The van der Waals surface area contributed by atoms with Crippen molar-refractivity contribution in [3.05, 3.63) is 58.9 Å². The zero-order valence-electron chi connectivity index (χ0n) is 9.81. The monoisotopic (exact) mass is 299 g/mol. The third-order valence-corrected chi connectivity index (χ3v) is 4.50. The maximum atomic E-state index is 13.3. The second-order valence-corrected chi connectivity index (χ2v) is 6.50. The molecule has 0 fully saturated rings. The SMILES string of the molecule is Nc1ccc(CS(=O)(=O)c2cccc(Cl)c2)cc1F. The lowest BCUT2D eigenvalue weighted by Crippen LogP contribution is -2.05. The summed E-state index contributed by atoms with van der Waals surface area (Å²) >= 11 is 5.76. The summed E-state index contributed by atoms with van der Waals surface area (Å²) in [6, 6.07) is 9.91. The normalized spacial score (nSPS) is 11.5. The average molecular weight is 300 g/mol. The van der Waals surface area contributed by atoms with Gasteiger partial charge in [-0.25, -0.2) is 12.8 Å². The first-order valence-electron chi connectivity index (χ1n) is 5.41. The molecule has 0 radical (unpaired) electrons. The van der Waals surface area contributed by atoms with E-state index in [1.54, 1.807) is 12.1 Å². The predicted octanol–water partition coefficient (Wildman–Crippen LogP) is 3.04. The molecule has 0 heterocycles. The number of hydrogen-bond acceptors (Lipinski definition) is 3. The largest absolute Gasteiger partial charge is 0.396 e. The summed E-state index contributed by atoms with van der Waals surface area (Å²) in [5.41, 5.74) is 5.67. The van der Waals surface area contributed by atoms with Gasteiger partial charge in [0, 0.05) is 5.02 Å². The molecule has 0 atom stereocenters. The van der Waals surface area contributed by atoms with E-state index in [0.29, 0.717) is 10.6 Å². The van der Waals surface area contributed by atoms with E-state index in [4.69, 9.17) is 17.3 Å². The molecule has 2 rings (SSSR count). The van der Waals surface area contributed by atoms with E-state index >= 15 is 0 Å². The standard InChI is InChI=1S/C13H11ClFNO2S/c14-10-2-1-3-11(7-10)19(17,18)8-9-4-5-13(16)12(15)6-9/h1-7H,8,16H2. The summed E-state index contributed by atoms with van der Waals surface area (Å²) < 4.78 is 37.6. The van der Waals surface area contributed by atoms with Crippen molar-refractivity contribution in [2.24, 2.45) is 0 Å². The smallest absolute Gasteiger partial charge is 0.182 e. The number of hydrogen-bond donors (Lipinski definition) is 1. The zero-order chi connectivity index (χ0) is 14.0. The van der Waals surface area contributed by atoms with Crippen LogP contribution in [-0.2, 0) is 15.6 Å². The van der Waals surface area contributed by atoms with E-state index in [-0.39, 0.29) is 16.3 Å². The first kappa shape index (κ1) is 13.8. The van der Waals surface area contributed by atoms with Crippen LogP contribution in [0.25, 0.3) is 0 Å². The van der Waals surface area contributed by atoms with Crippen LogP contribution in [0, 0.1) is 5.82 Å². The number of halogens is 2. The molecular formula is C13H11ClFNO2S. The fourth-order valence-electron chi connectivity index (χ4n) is 1.62. The molecular weight excluding hydrogens is 289 g/mol. The van der Waals surface area contributed by atoms with Crippen molar-refractivity contribution >= 4 is 27.1 Å². The lowest BCUT2D eigenvalue weighted by molar-refractivity contribution is 0.594. The second kappa shape index (κ2) is 5.19. The van der Waals surface area contributed by atoms with E-state index in [1.165, 1.54) is 24.3 Å². The van der Waals surface area contributed by atoms with Gasteiger partial charge in [0.2, 0.25) is 0 Å². The Kier molecular flexibility index (Phi) is 3.78. The van der Waals surface area contributed by atoms with Gasteiger partial charge < -0.3 is 5.73 Å². The Hall–Kier alpha value is -1.59. The maximum Gasteiger partial charge on any atom is 0.182 e. The van der Waals surface area contributed by atoms with Crippen LogP contribution >= 0.6 is 11.6 Å². The quantitative estimate of drug-likeness (QED) is 0.886. The molecule has 0 aliphatic heterocycles. The van der Waals surface area contributed by atoms with Crippen molar-refractivity contribution in [3.63, 3.8) is 0 Å². The van der Waals surface area contributed by atoms with Gasteiger partial charge in [0.05, 0.1) is 16.3 Å². The first-order chi connectivity index (χ1) is 8.88. The molecule has 100 valence electrons. The molecule has 0 unspecified atom stereocenters. The van der Waals surface area contributed by atoms with Gasteiger partial charge in [-0.2, -0.15) is 0 Å². The Labute approximate surface area is 115 Å². The summed E-state index contributed by atoms with van der Waals surface area (Å²) in [6.45, 7) is 0. The molecule has 6 heteroatoms. The third-order valence-electron chi connectivity index (χ3n) is 2.58. The summed E-state index contributed by atoms with van der Waals surface area (Å²) in [5.74, 6) is -0.927. The predicted molar refractivity (Wildman–Crippen MR) is 73.2 cm³/mol. The molecule has 19 heavy (non-hydrogen) atoms. The van der Waals surface area contributed by atoms with Crippen molar-refractivity contribution in [1.29, 1.82) is 0 Å². The van der Waals surface area contributed by atoms with Gasteiger partial charge in [-0.15, -0.1) is 0 Å². The highest BCUT2D eigenvalue weighted by Crippen LogP contribution is 2.21. The Bertz CT molecular complexity index is 716. The van der Waals surface area contributed by atoms with Gasteiger partial charge in [-0.05, 0) is 35.9 Å². The van der Waals surface area contributed by atoms with Crippen LogP contribution in [0.3, 0.4) is 0 Å². The molecule has 0 spiro atoms. The highest BCUT2D eigenvalue weighted by Gasteiger charge is 2.16. The Morgan fingerprint density at radius 2 is 1.89 bits per heavy atom. The minimum absolute atomic E-state index is 0.0103. The van der Waals surface area contributed by atoms with Gasteiger partial charge in [-0.1, -0.05) is 23.7 Å². The molecule has 2 aromatic rings. The van der Waals surface area contributed by atoms with Gasteiger partial charge in [0.1, 0.15) is 5.82 Å². The van der Waals surface area contributed by atoms with Crippen molar-refractivity contribution < 1.29 is 12.8 Å². The summed E-state index contributed by atoms with van der Waals surface area (Å²) in [6.07, 6.45) is 0. The van der Waals surface area contributed by atoms with E-state index in [2.05, 4.69) is 0 Å². The van der Waals surface area contributed by atoms with Gasteiger partial charge in [-0.3, -0.25) is 0 Å². The molecule has 3 nitrogen and oxygen atoms in total. The number of anilines is 1. The summed E-state index contributed by atoms with van der Waals surface area (Å²) in [7, 11) is -3.56. The maximum absolute atomic E-state index is 13.3. The summed E-state index contributed by atoms with van der Waals surface area (Å²) in [5, 5.41) is 0.338. The minimum Gasteiger partial charge on any atom is -0.396 e. The highest BCUT2D eigenvalue weighted by atomic mass is 35.5. The molecule has 0 aromatic heterocycles. The van der Waals surface area contributed by atoms with E-state index in [0.717, 1.165) is 6.07 Å². The first-order valence-corrected chi connectivity index (χ1v) is 7.44. The summed E-state index contributed by atoms with van der Waals surface area (Å²) in [4.78, 5) is 0.109. The van der Waals surface area contributed by atoms with Crippen LogP contribution in [0.15, 0.2) is 47.4 Å². The van der Waals surface area contributed by atoms with E-state index < -0.39 is 15.7 Å². The van der Waals surface area contributed by atoms with Crippen LogP contribution in [0.5, 0.6) is 0 Å². The fraction of sp³-hybridized carbons (Fsp3) is 0.0769. The van der Waals surface area contributed by atoms with Gasteiger partial charge in [0.15, 0.2) is 9.84 Å². The van der Waals surface area contributed by atoms with Gasteiger partial charge in [0.25, 0.3) is 0 Å². The number of nitrogens with two attached hydrogens (primary N) is 1. The fourth-order valence-corrected chi connectivity index (χ4v) is 3.26. The van der Waals surface area contributed by atoms with Crippen molar-refractivity contribution in [2.45, 2.75) is 10.6 Å². The van der Waals surface area contributed by atoms with Crippen molar-refractivity contribution in [2.75, 3.05) is 5.73 Å². The number of benzene rings is 2. The van der Waals surface area contributed by atoms with E-state index in [9.17, 15) is 12.8 Å².